The fourth-order valence-corrected chi connectivity index (χ4v) is 5.12. The second kappa shape index (κ2) is 9.97. The fourth-order valence-electron chi connectivity index (χ4n) is 5.12. The minimum Gasteiger partial charge on any atom is -0.342 e. The van der Waals surface area contributed by atoms with Gasteiger partial charge in [0.25, 0.3) is 5.56 Å². The number of rotatable bonds is 5. The molecule has 1 aromatic heterocycles. The van der Waals surface area contributed by atoms with Crippen LogP contribution in [-0.4, -0.2) is 34.9 Å². The van der Waals surface area contributed by atoms with Crippen LogP contribution >= 0.6 is 0 Å². The number of hydrogen-bond acceptors (Lipinski definition) is 5. The van der Waals surface area contributed by atoms with Crippen molar-refractivity contribution in [3.63, 3.8) is 0 Å². The van der Waals surface area contributed by atoms with Gasteiger partial charge < -0.3 is 15.5 Å². The molecule has 2 amide bonds. The summed E-state index contributed by atoms with van der Waals surface area (Å²) in [7, 11) is 0. The van der Waals surface area contributed by atoms with Crippen molar-refractivity contribution >= 4 is 29.3 Å². The molecule has 1 saturated heterocycles. The number of carbonyl (C=O) groups is 2. The molecule has 3 N–H and O–H groups in total. The second-order valence-electron chi connectivity index (χ2n) is 9.88. The van der Waals surface area contributed by atoms with Crippen LogP contribution in [0.15, 0.2) is 53.3 Å². The minimum atomic E-state index is -0.907. The third-order valence-electron chi connectivity index (χ3n) is 7.19. The number of nitrogens with one attached hydrogen (secondary N) is 3. The van der Waals surface area contributed by atoms with Crippen LogP contribution in [0.3, 0.4) is 0 Å². The molecule has 8 heteroatoms. The Morgan fingerprint density at radius 3 is 2.58 bits per heavy atom. The van der Waals surface area contributed by atoms with Crippen molar-refractivity contribution < 1.29 is 9.59 Å². The van der Waals surface area contributed by atoms with Crippen molar-refractivity contribution in [1.82, 2.24) is 9.97 Å². The number of aromatic amines is 1. The lowest BCUT2D eigenvalue weighted by Gasteiger charge is -2.33. The van der Waals surface area contributed by atoms with Gasteiger partial charge in [-0.25, -0.2) is 0 Å². The van der Waals surface area contributed by atoms with Gasteiger partial charge >= 0.3 is 0 Å². The van der Waals surface area contributed by atoms with Crippen molar-refractivity contribution in [2.75, 3.05) is 28.6 Å². The van der Waals surface area contributed by atoms with Crippen LogP contribution in [0.4, 0.5) is 17.5 Å². The van der Waals surface area contributed by atoms with Gasteiger partial charge in [-0.3, -0.25) is 19.4 Å². The van der Waals surface area contributed by atoms with E-state index in [9.17, 15) is 14.4 Å². The maximum absolute atomic E-state index is 13.2. The molecule has 1 fully saturated rings. The predicted octanol–water partition coefficient (Wildman–Crippen LogP) is 3.91. The number of amides is 2. The highest BCUT2D eigenvalue weighted by Crippen LogP contribution is 2.32. The van der Waals surface area contributed by atoms with Gasteiger partial charge in [0.1, 0.15) is 5.82 Å². The first-order chi connectivity index (χ1) is 17.4. The Morgan fingerprint density at radius 2 is 1.83 bits per heavy atom. The zero-order valence-corrected chi connectivity index (χ0v) is 20.6. The van der Waals surface area contributed by atoms with Gasteiger partial charge in [-0.15, -0.1) is 0 Å². The highest BCUT2D eigenvalue weighted by Gasteiger charge is 2.35. The number of carbonyl (C=O) groups excluding carboxylic acids is 2. The molecule has 2 aliphatic heterocycles. The van der Waals surface area contributed by atoms with Crippen LogP contribution in [0.25, 0.3) is 0 Å². The van der Waals surface area contributed by atoms with E-state index in [1.165, 1.54) is 5.56 Å². The summed E-state index contributed by atoms with van der Waals surface area (Å²) in [6.45, 7) is 5.38. The van der Waals surface area contributed by atoms with Crippen molar-refractivity contribution in [3.05, 3.63) is 81.1 Å². The molecule has 0 spiro atoms. The number of benzene rings is 2. The van der Waals surface area contributed by atoms with Crippen LogP contribution in [0.5, 0.6) is 0 Å². The average Bonchev–Trinajstić information content (AvgIpc) is 2.86. The van der Waals surface area contributed by atoms with Crippen LogP contribution in [-0.2, 0) is 16.0 Å². The first-order valence-electron chi connectivity index (χ1n) is 12.5. The third-order valence-corrected chi connectivity index (χ3v) is 7.19. The Bertz CT molecular complexity index is 1340. The van der Waals surface area contributed by atoms with E-state index in [-0.39, 0.29) is 35.2 Å². The SMILES string of the molecule is Cc1ccc(C)c(NC(=O)C2CC(=O)Nc3nc(N4CCC(Cc5ccccc5)CC4)[nH]c(=O)c32)c1. The van der Waals surface area contributed by atoms with Gasteiger partial charge in [0.2, 0.25) is 17.8 Å². The summed E-state index contributed by atoms with van der Waals surface area (Å²) < 4.78 is 0. The summed E-state index contributed by atoms with van der Waals surface area (Å²) in [5.74, 6) is -0.428. The Balaban J connectivity index is 1.33. The zero-order chi connectivity index (χ0) is 25.2. The van der Waals surface area contributed by atoms with Crippen LogP contribution < -0.4 is 21.1 Å². The molecule has 0 saturated carbocycles. The number of H-pyrrole nitrogens is 1. The van der Waals surface area contributed by atoms with E-state index in [0.717, 1.165) is 43.5 Å². The van der Waals surface area contributed by atoms with Gasteiger partial charge in [-0.1, -0.05) is 42.5 Å². The van der Waals surface area contributed by atoms with E-state index >= 15 is 0 Å². The quantitative estimate of drug-likeness (QED) is 0.508. The van der Waals surface area contributed by atoms with Gasteiger partial charge in [-0.05, 0) is 61.8 Å². The van der Waals surface area contributed by atoms with Gasteiger partial charge in [0, 0.05) is 25.2 Å². The molecule has 5 rings (SSSR count). The van der Waals surface area contributed by atoms with E-state index in [4.69, 9.17) is 0 Å². The van der Waals surface area contributed by atoms with Gasteiger partial charge in [0.15, 0.2) is 0 Å². The molecule has 1 unspecified atom stereocenters. The minimum absolute atomic E-state index is 0.0985. The highest BCUT2D eigenvalue weighted by atomic mass is 16.2. The van der Waals surface area contributed by atoms with Gasteiger partial charge in [0.05, 0.1) is 11.5 Å². The molecule has 8 nitrogen and oxygen atoms in total. The van der Waals surface area contributed by atoms with Crippen molar-refractivity contribution in [3.8, 4) is 0 Å². The second-order valence-corrected chi connectivity index (χ2v) is 9.88. The average molecular weight is 486 g/mol. The summed E-state index contributed by atoms with van der Waals surface area (Å²) in [5.41, 5.74) is 3.75. The molecule has 0 bridgehead atoms. The lowest BCUT2D eigenvalue weighted by Crippen LogP contribution is -2.40. The summed E-state index contributed by atoms with van der Waals surface area (Å²) in [6.07, 6.45) is 2.92. The monoisotopic (exact) mass is 485 g/mol. The largest absolute Gasteiger partial charge is 0.342 e. The molecule has 0 radical (unpaired) electrons. The normalized spacial score (nSPS) is 17.9. The molecule has 2 aromatic carbocycles. The van der Waals surface area contributed by atoms with Crippen LogP contribution in [0.1, 0.15) is 47.4 Å². The van der Waals surface area contributed by atoms with Crippen molar-refractivity contribution in [2.45, 2.75) is 45.4 Å². The van der Waals surface area contributed by atoms with Crippen molar-refractivity contribution in [2.24, 2.45) is 5.92 Å². The zero-order valence-electron chi connectivity index (χ0n) is 20.6. The highest BCUT2D eigenvalue weighted by molar-refractivity contribution is 6.04. The molecule has 0 aliphatic carbocycles. The van der Waals surface area contributed by atoms with E-state index in [1.807, 2.05) is 38.1 Å². The molecule has 1 atom stereocenters. The van der Waals surface area contributed by atoms with Crippen molar-refractivity contribution in [1.29, 1.82) is 0 Å². The Labute approximate surface area is 210 Å². The molecule has 186 valence electrons. The fraction of sp³-hybridized carbons (Fsp3) is 0.357. The number of aromatic nitrogens is 2. The standard InChI is InChI=1S/C28H31N5O3/c1-17-8-9-18(2)22(14-17)29-26(35)21-16-23(34)30-25-24(21)27(36)32-28(31-25)33-12-10-20(11-13-33)15-19-6-4-3-5-7-19/h3-9,14,20-21H,10-13,15-16H2,1-2H3,(H,29,35)(H2,30,31,32,34,36). The Kier molecular flexibility index (Phi) is 6.59. The van der Waals surface area contributed by atoms with E-state index in [2.05, 4.69) is 49.8 Å². The molecule has 36 heavy (non-hydrogen) atoms. The molecule has 2 aliphatic rings. The smallest absolute Gasteiger partial charge is 0.258 e. The molecular weight excluding hydrogens is 454 g/mol. The first-order valence-corrected chi connectivity index (χ1v) is 12.5. The number of fused-ring (bicyclic) bond motifs is 1. The first kappa shape index (κ1) is 23.8. The summed E-state index contributed by atoms with van der Waals surface area (Å²) in [6, 6.07) is 16.2. The maximum Gasteiger partial charge on any atom is 0.258 e. The van der Waals surface area contributed by atoms with Crippen LogP contribution in [0.2, 0.25) is 0 Å². The maximum atomic E-state index is 13.2. The number of piperidine rings is 1. The van der Waals surface area contributed by atoms with Crippen LogP contribution in [0, 0.1) is 19.8 Å². The lowest BCUT2D eigenvalue weighted by molar-refractivity contribution is -0.123. The summed E-state index contributed by atoms with van der Waals surface area (Å²) in [5, 5.41) is 5.62. The Morgan fingerprint density at radius 1 is 1.08 bits per heavy atom. The summed E-state index contributed by atoms with van der Waals surface area (Å²) >= 11 is 0. The molecular formula is C28H31N5O3. The van der Waals surface area contributed by atoms with E-state index in [0.29, 0.717) is 17.6 Å². The Hall–Kier alpha value is -3.94. The predicted molar refractivity (Wildman–Crippen MR) is 140 cm³/mol. The third kappa shape index (κ3) is 5.03. The molecule has 3 heterocycles. The van der Waals surface area contributed by atoms with Gasteiger partial charge in [-0.2, -0.15) is 4.98 Å². The summed E-state index contributed by atoms with van der Waals surface area (Å²) in [4.78, 5) is 48.3. The molecule has 3 aromatic rings. The topological polar surface area (TPSA) is 107 Å². The number of anilines is 3. The number of nitrogens with zero attached hydrogens (tertiary/aromatic N) is 2. The van der Waals surface area contributed by atoms with E-state index in [1.54, 1.807) is 0 Å². The number of aryl methyl sites for hydroxylation is 2. The number of hydrogen-bond donors (Lipinski definition) is 3. The van der Waals surface area contributed by atoms with E-state index < -0.39 is 5.92 Å². The lowest BCUT2D eigenvalue weighted by atomic mass is 9.90.